The second-order valence-electron chi connectivity index (χ2n) is 6.99. The smallest absolute Gasteiger partial charge is 0.243 e. The summed E-state index contributed by atoms with van der Waals surface area (Å²) in [7, 11) is 0. The Bertz CT molecular complexity index is 805. The largest absolute Gasteiger partial charge is 0.491 e. The van der Waals surface area contributed by atoms with E-state index >= 15 is 0 Å². The lowest BCUT2D eigenvalue weighted by Crippen LogP contribution is -2.22. The molecule has 6 heteroatoms. The van der Waals surface area contributed by atoms with E-state index in [0.717, 1.165) is 17.9 Å². The van der Waals surface area contributed by atoms with Crippen molar-refractivity contribution >= 4 is 28.9 Å². The molecule has 2 rings (SSSR count). The molecule has 3 N–H and O–H groups in total. The van der Waals surface area contributed by atoms with E-state index in [9.17, 15) is 9.59 Å². The molecule has 28 heavy (non-hydrogen) atoms. The van der Waals surface area contributed by atoms with Crippen molar-refractivity contribution in [3.63, 3.8) is 0 Å². The number of rotatable bonds is 9. The van der Waals surface area contributed by atoms with Gasteiger partial charge >= 0.3 is 0 Å². The van der Waals surface area contributed by atoms with Gasteiger partial charge in [-0.1, -0.05) is 32.9 Å². The fourth-order valence-corrected chi connectivity index (χ4v) is 2.34. The van der Waals surface area contributed by atoms with Crippen LogP contribution in [0.3, 0.4) is 0 Å². The molecule has 0 saturated heterocycles. The predicted molar refractivity (Wildman–Crippen MR) is 114 cm³/mol. The van der Waals surface area contributed by atoms with E-state index in [2.05, 4.69) is 22.9 Å². The summed E-state index contributed by atoms with van der Waals surface area (Å²) in [4.78, 5) is 24.0. The predicted octanol–water partition coefficient (Wildman–Crippen LogP) is 4.51. The van der Waals surface area contributed by atoms with Gasteiger partial charge in [0.1, 0.15) is 5.75 Å². The molecule has 1 atom stereocenters. The number of benzene rings is 2. The molecular formula is C22H29N3O3. The first kappa shape index (κ1) is 21.3. The number of carbonyl (C=O) groups is 2. The van der Waals surface area contributed by atoms with Crippen molar-refractivity contribution in [2.45, 2.75) is 40.2 Å². The molecule has 2 aromatic rings. The Balaban J connectivity index is 1.89. The average molecular weight is 383 g/mol. The topological polar surface area (TPSA) is 79.5 Å². The highest BCUT2D eigenvalue weighted by Crippen LogP contribution is 2.19. The minimum Gasteiger partial charge on any atom is -0.491 e. The number of nitrogens with one attached hydrogen (secondary N) is 3. The van der Waals surface area contributed by atoms with Crippen molar-refractivity contribution in [3.05, 3.63) is 48.5 Å². The van der Waals surface area contributed by atoms with Crippen molar-refractivity contribution in [3.8, 4) is 5.75 Å². The highest BCUT2D eigenvalue weighted by molar-refractivity contribution is 5.94. The van der Waals surface area contributed by atoms with Crippen LogP contribution in [0.25, 0.3) is 0 Å². The maximum Gasteiger partial charge on any atom is 0.243 e. The number of anilines is 3. The highest BCUT2D eigenvalue weighted by atomic mass is 16.5. The summed E-state index contributed by atoms with van der Waals surface area (Å²) >= 11 is 0. The second-order valence-corrected chi connectivity index (χ2v) is 6.99. The molecule has 0 heterocycles. The molecule has 0 fully saturated rings. The van der Waals surface area contributed by atoms with Crippen LogP contribution in [0, 0.1) is 5.92 Å². The summed E-state index contributed by atoms with van der Waals surface area (Å²) in [6, 6.07) is 14.6. The van der Waals surface area contributed by atoms with E-state index in [0.29, 0.717) is 11.4 Å². The monoisotopic (exact) mass is 383 g/mol. The van der Waals surface area contributed by atoms with E-state index in [1.54, 1.807) is 6.07 Å². The number of hydrogen-bond donors (Lipinski definition) is 3. The Morgan fingerprint density at radius 3 is 2.25 bits per heavy atom. The molecule has 1 unspecified atom stereocenters. The molecule has 0 aliphatic rings. The van der Waals surface area contributed by atoms with Crippen molar-refractivity contribution in [2.24, 2.45) is 5.92 Å². The summed E-state index contributed by atoms with van der Waals surface area (Å²) in [5.74, 6) is 0.419. The van der Waals surface area contributed by atoms with Gasteiger partial charge in [0.15, 0.2) is 0 Å². The van der Waals surface area contributed by atoms with Gasteiger partial charge in [-0.15, -0.1) is 0 Å². The minimum atomic E-state index is -0.169. The van der Waals surface area contributed by atoms with Gasteiger partial charge in [-0.3, -0.25) is 9.59 Å². The maximum absolute atomic E-state index is 12.2. The molecular weight excluding hydrogens is 354 g/mol. The van der Waals surface area contributed by atoms with E-state index in [-0.39, 0.29) is 30.4 Å². The normalized spacial score (nSPS) is 11.6. The molecule has 150 valence electrons. The van der Waals surface area contributed by atoms with Crippen LogP contribution in [0.1, 0.15) is 34.1 Å². The van der Waals surface area contributed by atoms with E-state index in [1.165, 1.54) is 0 Å². The first-order valence-corrected chi connectivity index (χ1v) is 9.58. The van der Waals surface area contributed by atoms with E-state index < -0.39 is 0 Å². The molecule has 0 bridgehead atoms. The van der Waals surface area contributed by atoms with Gasteiger partial charge in [-0.2, -0.15) is 0 Å². The van der Waals surface area contributed by atoms with Gasteiger partial charge in [-0.25, -0.2) is 0 Å². The molecule has 0 spiro atoms. The Morgan fingerprint density at radius 1 is 0.929 bits per heavy atom. The van der Waals surface area contributed by atoms with Crippen molar-refractivity contribution in [1.29, 1.82) is 0 Å². The summed E-state index contributed by atoms with van der Waals surface area (Å²) in [6.07, 6.45) is 1.04. The SMILES string of the molecule is CCC(C)Oc1cccc(NC(=O)CNc2cccc(NC(=O)C(C)C)c2)c1. The number of hydrogen-bond acceptors (Lipinski definition) is 4. The third-order valence-corrected chi connectivity index (χ3v) is 4.14. The van der Waals surface area contributed by atoms with Crippen LogP contribution >= 0.6 is 0 Å². The van der Waals surface area contributed by atoms with E-state index in [4.69, 9.17) is 4.74 Å². The first-order valence-electron chi connectivity index (χ1n) is 9.58. The number of carbonyl (C=O) groups excluding carboxylic acids is 2. The third kappa shape index (κ3) is 6.95. The lowest BCUT2D eigenvalue weighted by Gasteiger charge is -2.14. The summed E-state index contributed by atoms with van der Waals surface area (Å²) in [5, 5.41) is 8.77. The van der Waals surface area contributed by atoms with Gasteiger partial charge in [0, 0.05) is 29.0 Å². The molecule has 0 aliphatic heterocycles. The van der Waals surface area contributed by atoms with Gasteiger partial charge in [0.2, 0.25) is 11.8 Å². The van der Waals surface area contributed by atoms with Gasteiger partial charge in [-0.05, 0) is 43.7 Å². The zero-order valence-corrected chi connectivity index (χ0v) is 16.9. The lowest BCUT2D eigenvalue weighted by molar-refractivity contribution is -0.119. The molecule has 0 saturated carbocycles. The standard InChI is InChI=1S/C22H29N3O3/c1-5-16(4)28-20-11-7-10-19(13-20)24-21(26)14-23-17-8-6-9-18(12-17)25-22(27)15(2)3/h6-13,15-16,23H,5,14H2,1-4H3,(H,24,26)(H,25,27). The zero-order valence-electron chi connectivity index (χ0n) is 16.9. The van der Waals surface area contributed by atoms with Crippen LogP contribution in [-0.2, 0) is 9.59 Å². The van der Waals surface area contributed by atoms with Crippen molar-refractivity contribution in [1.82, 2.24) is 0 Å². The van der Waals surface area contributed by atoms with Crippen LogP contribution in [0.4, 0.5) is 17.1 Å². The fraction of sp³-hybridized carbons (Fsp3) is 0.364. The van der Waals surface area contributed by atoms with Crippen LogP contribution in [0.5, 0.6) is 5.75 Å². The summed E-state index contributed by atoms with van der Waals surface area (Å²) in [5.41, 5.74) is 2.13. The maximum atomic E-state index is 12.2. The average Bonchev–Trinajstić information content (AvgIpc) is 2.66. The number of amides is 2. The van der Waals surface area contributed by atoms with Crippen LogP contribution < -0.4 is 20.7 Å². The minimum absolute atomic E-state index is 0.0469. The molecule has 0 radical (unpaired) electrons. The van der Waals surface area contributed by atoms with E-state index in [1.807, 2.05) is 63.2 Å². The van der Waals surface area contributed by atoms with Crippen LogP contribution in [0.15, 0.2) is 48.5 Å². The lowest BCUT2D eigenvalue weighted by atomic mass is 10.2. The summed E-state index contributed by atoms with van der Waals surface area (Å²) < 4.78 is 5.78. The molecule has 2 aromatic carbocycles. The molecule has 0 aromatic heterocycles. The highest BCUT2D eigenvalue weighted by Gasteiger charge is 2.08. The Morgan fingerprint density at radius 2 is 1.57 bits per heavy atom. The Hall–Kier alpha value is -3.02. The van der Waals surface area contributed by atoms with Gasteiger partial charge in [0.05, 0.1) is 12.6 Å². The first-order chi connectivity index (χ1) is 13.4. The Labute approximate surface area is 166 Å². The molecule has 6 nitrogen and oxygen atoms in total. The van der Waals surface area contributed by atoms with Crippen LogP contribution in [0.2, 0.25) is 0 Å². The zero-order chi connectivity index (χ0) is 20.5. The molecule has 0 aliphatic carbocycles. The van der Waals surface area contributed by atoms with Crippen LogP contribution in [-0.4, -0.2) is 24.5 Å². The quantitative estimate of drug-likeness (QED) is 0.595. The number of ether oxygens (including phenoxy) is 1. The van der Waals surface area contributed by atoms with Crippen molar-refractivity contribution < 1.29 is 14.3 Å². The third-order valence-electron chi connectivity index (χ3n) is 4.14. The Kier molecular flexibility index (Phi) is 7.87. The second kappa shape index (κ2) is 10.3. The summed E-state index contributed by atoms with van der Waals surface area (Å²) in [6.45, 7) is 7.85. The van der Waals surface area contributed by atoms with Crippen molar-refractivity contribution in [2.75, 3.05) is 22.5 Å². The molecule has 2 amide bonds. The van der Waals surface area contributed by atoms with Gasteiger partial charge in [0.25, 0.3) is 0 Å². The van der Waals surface area contributed by atoms with Gasteiger partial charge < -0.3 is 20.7 Å². The fourth-order valence-electron chi connectivity index (χ4n) is 2.34.